The van der Waals surface area contributed by atoms with Crippen molar-refractivity contribution in [2.45, 2.75) is 109 Å². The molecule has 4 rings (SSSR count). The number of benzene rings is 1. The topological polar surface area (TPSA) is 96.4 Å². The average Bonchev–Trinajstić information content (AvgIpc) is 3.53. The maximum atomic E-state index is 15.0. The summed E-state index contributed by atoms with van der Waals surface area (Å²) in [7, 11) is 0. The standard InChI is InChI=1S/C34H50N2O6/c1-9-19-35(32(7,8)22-31(4,5)6)29(39)27-34-18-17-33(10-2,42-34)26(30(40)41-11-3)25(34)28(38)36(27)24(21-37)20-23-15-13-12-14-16-23/h9,12-16,24-27,37H,1,10-11,17-22H2,2-8H3/t24-,25+,26-,27?,33+,34?/m1/s1. The van der Waals surface area contributed by atoms with Crippen LogP contribution in [0.15, 0.2) is 43.0 Å². The van der Waals surface area contributed by atoms with Crippen molar-refractivity contribution in [1.82, 2.24) is 9.80 Å². The van der Waals surface area contributed by atoms with Gasteiger partial charge < -0.3 is 24.4 Å². The van der Waals surface area contributed by atoms with Crippen LogP contribution in [0.1, 0.15) is 79.7 Å². The van der Waals surface area contributed by atoms with E-state index < -0.39 is 46.6 Å². The summed E-state index contributed by atoms with van der Waals surface area (Å²) in [5.41, 5.74) is -1.75. The van der Waals surface area contributed by atoms with Gasteiger partial charge in [-0.25, -0.2) is 0 Å². The number of carbonyl (C=O) groups excluding carboxylic acids is 3. The van der Waals surface area contributed by atoms with E-state index in [0.29, 0.717) is 32.2 Å². The summed E-state index contributed by atoms with van der Waals surface area (Å²) < 4.78 is 12.4. The molecule has 0 aliphatic carbocycles. The van der Waals surface area contributed by atoms with E-state index in [0.717, 1.165) is 12.0 Å². The minimum atomic E-state index is -1.19. The number of nitrogens with zero attached hydrogens (tertiary/aromatic N) is 2. The fourth-order valence-electron chi connectivity index (χ4n) is 8.36. The molecule has 1 aromatic rings. The van der Waals surface area contributed by atoms with Gasteiger partial charge in [-0.05, 0) is 63.9 Å². The molecule has 3 saturated heterocycles. The Morgan fingerprint density at radius 2 is 1.86 bits per heavy atom. The molecule has 8 nitrogen and oxygen atoms in total. The minimum absolute atomic E-state index is 0.0697. The highest BCUT2D eigenvalue weighted by atomic mass is 16.6. The van der Waals surface area contributed by atoms with Crippen LogP contribution in [0.4, 0.5) is 0 Å². The molecule has 3 aliphatic rings. The number of aliphatic hydroxyl groups excluding tert-OH is 1. The van der Waals surface area contributed by atoms with Gasteiger partial charge in [0.25, 0.3) is 0 Å². The zero-order valence-electron chi connectivity index (χ0n) is 26.5. The number of amides is 2. The molecule has 232 valence electrons. The number of ether oxygens (including phenoxy) is 2. The largest absolute Gasteiger partial charge is 0.466 e. The molecule has 42 heavy (non-hydrogen) atoms. The second-order valence-corrected chi connectivity index (χ2v) is 14.1. The highest BCUT2D eigenvalue weighted by molar-refractivity contribution is 5.99. The van der Waals surface area contributed by atoms with Crippen LogP contribution >= 0.6 is 0 Å². The van der Waals surface area contributed by atoms with Crippen molar-refractivity contribution >= 4 is 17.8 Å². The molecular formula is C34H50N2O6. The number of esters is 1. The van der Waals surface area contributed by atoms with Gasteiger partial charge in [-0.2, -0.15) is 0 Å². The Morgan fingerprint density at radius 1 is 1.19 bits per heavy atom. The second kappa shape index (κ2) is 11.8. The fraction of sp³-hybridized carbons (Fsp3) is 0.676. The van der Waals surface area contributed by atoms with Gasteiger partial charge in [-0.3, -0.25) is 14.4 Å². The van der Waals surface area contributed by atoms with Crippen molar-refractivity contribution in [3.63, 3.8) is 0 Å². The molecule has 2 bridgehead atoms. The lowest BCUT2D eigenvalue weighted by atomic mass is 9.65. The number of rotatable bonds is 12. The van der Waals surface area contributed by atoms with Crippen LogP contribution in [0.5, 0.6) is 0 Å². The van der Waals surface area contributed by atoms with Gasteiger partial charge in [0.1, 0.15) is 17.6 Å². The molecule has 0 saturated carbocycles. The van der Waals surface area contributed by atoms with E-state index in [9.17, 15) is 14.7 Å². The van der Waals surface area contributed by atoms with Gasteiger partial charge in [0.2, 0.25) is 11.8 Å². The SMILES string of the molecule is C=CCN(C(=O)C1N([C@@H](CO)Cc2ccccc2)C(=O)[C@@H]2[C@H](C(=O)OCC)[C@]3(CC)CCC12O3)C(C)(C)CC(C)(C)C. The summed E-state index contributed by atoms with van der Waals surface area (Å²) in [5, 5.41) is 10.7. The Hall–Kier alpha value is -2.71. The lowest BCUT2D eigenvalue weighted by Gasteiger charge is -2.46. The number of hydrogen-bond acceptors (Lipinski definition) is 6. The van der Waals surface area contributed by atoms with E-state index in [-0.39, 0.29) is 30.4 Å². The predicted molar refractivity (Wildman–Crippen MR) is 161 cm³/mol. The third-order valence-electron chi connectivity index (χ3n) is 9.58. The summed E-state index contributed by atoms with van der Waals surface area (Å²) >= 11 is 0. The number of likely N-dealkylation sites (tertiary alicyclic amines) is 1. The predicted octanol–water partition coefficient (Wildman–Crippen LogP) is 4.54. The third kappa shape index (κ3) is 5.41. The van der Waals surface area contributed by atoms with Crippen molar-refractivity contribution in [2.75, 3.05) is 19.8 Å². The van der Waals surface area contributed by atoms with E-state index in [1.165, 1.54) is 0 Å². The van der Waals surface area contributed by atoms with E-state index in [2.05, 4.69) is 27.4 Å². The summed E-state index contributed by atoms with van der Waals surface area (Å²) in [6.07, 6.45) is 4.37. The van der Waals surface area contributed by atoms with E-state index in [1.807, 2.05) is 56.0 Å². The van der Waals surface area contributed by atoms with Crippen molar-refractivity contribution in [3.8, 4) is 0 Å². The lowest BCUT2D eigenvalue weighted by molar-refractivity contribution is -0.164. The molecule has 3 fully saturated rings. The molecule has 1 N–H and O–H groups in total. The summed E-state index contributed by atoms with van der Waals surface area (Å²) in [6.45, 7) is 18.3. The minimum Gasteiger partial charge on any atom is -0.466 e. The normalized spacial score (nSPS) is 29.4. The number of aliphatic hydroxyl groups is 1. The van der Waals surface area contributed by atoms with Crippen LogP contribution in [-0.2, 0) is 30.3 Å². The molecule has 1 spiro atoms. The summed E-state index contributed by atoms with van der Waals surface area (Å²) in [6, 6.07) is 7.98. The van der Waals surface area contributed by atoms with Gasteiger partial charge in [-0.1, -0.05) is 64.1 Å². The smallest absolute Gasteiger partial charge is 0.312 e. The second-order valence-electron chi connectivity index (χ2n) is 14.1. The number of fused-ring (bicyclic) bond motifs is 1. The fourth-order valence-corrected chi connectivity index (χ4v) is 8.36. The first kappa shape index (κ1) is 32.2. The van der Waals surface area contributed by atoms with Gasteiger partial charge in [-0.15, -0.1) is 6.58 Å². The zero-order chi connectivity index (χ0) is 31.1. The lowest BCUT2D eigenvalue weighted by Crippen LogP contribution is -2.62. The molecule has 3 aliphatic heterocycles. The van der Waals surface area contributed by atoms with E-state index >= 15 is 4.79 Å². The van der Waals surface area contributed by atoms with Crippen LogP contribution in [0, 0.1) is 17.3 Å². The number of hydrogen-bond donors (Lipinski definition) is 1. The average molecular weight is 583 g/mol. The van der Waals surface area contributed by atoms with Gasteiger partial charge in [0, 0.05) is 12.1 Å². The van der Waals surface area contributed by atoms with E-state index in [1.54, 1.807) is 17.9 Å². The zero-order valence-corrected chi connectivity index (χ0v) is 26.5. The molecule has 8 heteroatoms. The Balaban J connectivity index is 1.87. The quantitative estimate of drug-likeness (QED) is 0.287. The molecule has 3 heterocycles. The highest BCUT2D eigenvalue weighted by Gasteiger charge is 2.79. The first-order valence-corrected chi connectivity index (χ1v) is 15.5. The molecule has 1 aromatic carbocycles. The first-order chi connectivity index (χ1) is 19.7. The molecular weight excluding hydrogens is 532 g/mol. The number of carbonyl (C=O) groups is 3. The maximum absolute atomic E-state index is 15.0. The van der Waals surface area contributed by atoms with Crippen LogP contribution in [0.3, 0.4) is 0 Å². The molecule has 2 amide bonds. The molecule has 0 aromatic heterocycles. The molecule has 2 unspecified atom stereocenters. The Labute approximate surface area is 251 Å². The summed E-state index contributed by atoms with van der Waals surface area (Å²) in [4.78, 5) is 46.6. The van der Waals surface area contributed by atoms with Gasteiger partial charge >= 0.3 is 5.97 Å². The van der Waals surface area contributed by atoms with Gasteiger partial charge in [0.15, 0.2) is 0 Å². The maximum Gasteiger partial charge on any atom is 0.312 e. The Morgan fingerprint density at radius 3 is 2.40 bits per heavy atom. The van der Waals surface area contributed by atoms with Crippen LogP contribution < -0.4 is 0 Å². The van der Waals surface area contributed by atoms with Crippen LogP contribution in [-0.4, -0.2) is 81.3 Å². The first-order valence-electron chi connectivity index (χ1n) is 15.5. The van der Waals surface area contributed by atoms with Gasteiger partial charge in [0.05, 0.1) is 30.8 Å². The highest BCUT2D eigenvalue weighted by Crippen LogP contribution is 2.65. The van der Waals surface area contributed by atoms with E-state index in [4.69, 9.17) is 9.47 Å². The Kier molecular flexibility index (Phi) is 9.02. The molecule has 0 radical (unpaired) electrons. The van der Waals surface area contributed by atoms with Crippen molar-refractivity contribution in [2.24, 2.45) is 17.3 Å². The monoisotopic (exact) mass is 582 g/mol. The van der Waals surface area contributed by atoms with Crippen LogP contribution in [0.25, 0.3) is 0 Å². The van der Waals surface area contributed by atoms with Crippen LogP contribution in [0.2, 0.25) is 0 Å². The van der Waals surface area contributed by atoms with Crippen molar-refractivity contribution < 1.29 is 29.0 Å². The molecule has 6 atom stereocenters. The third-order valence-corrected chi connectivity index (χ3v) is 9.58. The summed E-state index contributed by atoms with van der Waals surface area (Å²) in [5.74, 6) is -2.67. The van der Waals surface area contributed by atoms with Crippen molar-refractivity contribution in [1.29, 1.82) is 0 Å². The van der Waals surface area contributed by atoms with Crippen molar-refractivity contribution in [3.05, 3.63) is 48.6 Å². The Bertz CT molecular complexity index is 1180.